The van der Waals surface area contributed by atoms with Gasteiger partial charge in [-0.2, -0.15) is 5.11 Å². The number of imide groups is 1. The third kappa shape index (κ3) is 3.72. The number of carbonyl (C=O) groups is 2. The van der Waals surface area contributed by atoms with Gasteiger partial charge in [0.25, 0.3) is 11.8 Å². The molecule has 0 radical (unpaired) electrons. The third-order valence-corrected chi connectivity index (χ3v) is 6.08. The van der Waals surface area contributed by atoms with Crippen molar-refractivity contribution in [1.29, 1.82) is 0 Å². The van der Waals surface area contributed by atoms with Gasteiger partial charge in [-0.05, 0) is 62.2 Å². The van der Waals surface area contributed by atoms with Crippen molar-refractivity contribution in [2.45, 2.75) is 45.8 Å². The highest BCUT2D eigenvalue weighted by atomic mass is 16.5. The van der Waals surface area contributed by atoms with E-state index in [0.717, 1.165) is 23.3 Å². The molecule has 0 saturated carbocycles. The zero-order valence-electron chi connectivity index (χ0n) is 19.3. The number of anilines is 1. The minimum absolute atomic E-state index is 0.207. The van der Waals surface area contributed by atoms with Crippen molar-refractivity contribution in [3.63, 3.8) is 0 Å². The number of nitrogens with zero attached hydrogens (tertiary/aromatic N) is 5. The fraction of sp³-hybridized carbons (Fsp3) is 0.320. The van der Waals surface area contributed by atoms with E-state index in [-0.39, 0.29) is 18.4 Å². The number of aromatic nitrogens is 1. The molecule has 9 nitrogen and oxygen atoms in total. The molecule has 0 aliphatic carbocycles. The van der Waals surface area contributed by atoms with Crippen LogP contribution in [0.4, 0.5) is 5.69 Å². The van der Waals surface area contributed by atoms with E-state index >= 15 is 0 Å². The Morgan fingerprint density at radius 3 is 2.41 bits per heavy atom. The summed E-state index contributed by atoms with van der Waals surface area (Å²) in [5.41, 5.74) is 3.13. The maximum absolute atomic E-state index is 13.2. The fourth-order valence-electron chi connectivity index (χ4n) is 4.20. The monoisotopic (exact) mass is 459 g/mol. The molecule has 5 rings (SSSR count). The normalized spacial score (nSPS) is 19.3. The summed E-state index contributed by atoms with van der Waals surface area (Å²) in [6.45, 7) is 6.60. The molecule has 1 aromatic heterocycles. The summed E-state index contributed by atoms with van der Waals surface area (Å²) in [6, 6.07) is 13.3. The Morgan fingerprint density at radius 2 is 1.74 bits per heavy atom. The van der Waals surface area contributed by atoms with Gasteiger partial charge in [-0.1, -0.05) is 24.3 Å². The molecule has 2 amide bonds. The van der Waals surface area contributed by atoms with Crippen molar-refractivity contribution in [1.82, 2.24) is 9.99 Å². The van der Waals surface area contributed by atoms with Gasteiger partial charge in [0.15, 0.2) is 12.1 Å². The van der Waals surface area contributed by atoms with Gasteiger partial charge in [-0.3, -0.25) is 14.6 Å². The predicted octanol–water partition coefficient (Wildman–Crippen LogP) is 4.10. The number of oxazole rings is 1. The Morgan fingerprint density at radius 1 is 1.00 bits per heavy atom. The molecule has 34 heavy (non-hydrogen) atoms. The van der Waals surface area contributed by atoms with E-state index in [0.29, 0.717) is 29.6 Å². The van der Waals surface area contributed by atoms with Gasteiger partial charge < -0.3 is 9.15 Å². The first kappa shape index (κ1) is 21.8. The van der Waals surface area contributed by atoms with Crippen molar-refractivity contribution >= 4 is 17.5 Å². The second-order valence-electron chi connectivity index (χ2n) is 8.20. The van der Waals surface area contributed by atoms with E-state index in [2.05, 4.69) is 22.2 Å². The maximum atomic E-state index is 13.2. The van der Waals surface area contributed by atoms with Crippen LogP contribution in [0.5, 0.6) is 5.75 Å². The van der Waals surface area contributed by atoms with Crippen LogP contribution in [-0.4, -0.2) is 40.5 Å². The lowest BCUT2D eigenvalue weighted by atomic mass is 10.1. The van der Waals surface area contributed by atoms with Crippen LogP contribution in [0.1, 0.15) is 30.9 Å². The second-order valence-corrected chi connectivity index (χ2v) is 8.20. The minimum Gasteiger partial charge on any atom is -0.494 e. The fourth-order valence-corrected chi connectivity index (χ4v) is 4.20. The molecule has 174 valence electrons. The highest BCUT2D eigenvalue weighted by Crippen LogP contribution is 2.34. The first-order valence-corrected chi connectivity index (χ1v) is 11.3. The first-order chi connectivity index (χ1) is 16.5. The molecule has 2 aliphatic heterocycles. The van der Waals surface area contributed by atoms with Gasteiger partial charge in [0.05, 0.1) is 18.8 Å². The van der Waals surface area contributed by atoms with Crippen molar-refractivity contribution in [3.05, 3.63) is 65.5 Å². The molecule has 0 spiro atoms. The van der Waals surface area contributed by atoms with Crippen LogP contribution in [-0.2, 0) is 22.6 Å². The zero-order chi connectivity index (χ0) is 23.8. The summed E-state index contributed by atoms with van der Waals surface area (Å²) in [7, 11) is 0. The average Bonchev–Trinajstić information content (AvgIpc) is 3.50. The van der Waals surface area contributed by atoms with E-state index in [1.165, 1.54) is 9.91 Å². The molecule has 1 fully saturated rings. The van der Waals surface area contributed by atoms with Crippen LogP contribution < -0.4 is 9.64 Å². The minimum atomic E-state index is -0.851. The van der Waals surface area contributed by atoms with E-state index in [4.69, 9.17) is 9.15 Å². The van der Waals surface area contributed by atoms with Crippen LogP contribution in [0.25, 0.3) is 11.5 Å². The molecule has 0 N–H and O–H groups in total. The molecule has 3 aromatic rings. The average molecular weight is 460 g/mol. The van der Waals surface area contributed by atoms with Gasteiger partial charge in [-0.25, -0.2) is 9.88 Å². The zero-order valence-corrected chi connectivity index (χ0v) is 19.3. The number of amides is 2. The largest absolute Gasteiger partial charge is 0.494 e. The Bertz CT molecular complexity index is 1250. The van der Waals surface area contributed by atoms with Crippen LogP contribution in [0, 0.1) is 6.92 Å². The molecule has 2 aliphatic rings. The molecule has 2 aromatic carbocycles. The topological polar surface area (TPSA) is 101 Å². The van der Waals surface area contributed by atoms with Gasteiger partial charge in [0.1, 0.15) is 17.2 Å². The van der Waals surface area contributed by atoms with Crippen LogP contribution >= 0.6 is 0 Å². The maximum Gasteiger partial charge on any atom is 0.263 e. The van der Waals surface area contributed by atoms with Gasteiger partial charge in [-0.15, -0.1) is 0 Å². The second kappa shape index (κ2) is 8.74. The lowest BCUT2D eigenvalue weighted by Crippen LogP contribution is -2.39. The Kier molecular flexibility index (Phi) is 5.61. The summed E-state index contributed by atoms with van der Waals surface area (Å²) in [6.07, 6.45) is 0.880. The molecular formula is C25H25N5O4. The molecule has 1 saturated heterocycles. The number of hydrogen-bond donors (Lipinski definition) is 0. The number of hydrogen-bond acceptors (Lipinski definition) is 8. The predicted molar refractivity (Wildman–Crippen MR) is 124 cm³/mol. The Labute approximate surface area is 197 Å². The van der Waals surface area contributed by atoms with Gasteiger partial charge >= 0.3 is 0 Å². The smallest absolute Gasteiger partial charge is 0.263 e. The summed E-state index contributed by atoms with van der Waals surface area (Å²) in [4.78, 5) is 32.0. The van der Waals surface area contributed by atoms with E-state index < -0.39 is 12.1 Å². The van der Waals surface area contributed by atoms with Crippen LogP contribution in [0.3, 0.4) is 0 Å². The number of benzene rings is 2. The summed E-state index contributed by atoms with van der Waals surface area (Å²) < 4.78 is 11.4. The summed E-state index contributed by atoms with van der Waals surface area (Å²) in [5, 5.41) is 9.75. The van der Waals surface area contributed by atoms with Crippen molar-refractivity contribution < 1.29 is 18.7 Å². The SMILES string of the molecule is CCOc1ccc(-c2nc(CN3N=N[C@H]4C(=O)N(c5ccc(CC)cc5)C(=O)[C@H]43)c(C)o2)cc1. The highest BCUT2D eigenvalue weighted by molar-refractivity contribution is 6.25. The number of fused-ring (bicyclic) bond motifs is 1. The van der Waals surface area contributed by atoms with Gasteiger partial charge in [0, 0.05) is 5.56 Å². The van der Waals surface area contributed by atoms with Crippen molar-refractivity contribution in [2.75, 3.05) is 11.5 Å². The number of aryl methyl sites for hydroxylation is 2. The Hall–Kier alpha value is -4.01. The molecular weight excluding hydrogens is 434 g/mol. The molecule has 0 bridgehead atoms. The van der Waals surface area contributed by atoms with Crippen LogP contribution in [0.15, 0.2) is 63.3 Å². The molecule has 9 heteroatoms. The van der Waals surface area contributed by atoms with Crippen LogP contribution in [0.2, 0.25) is 0 Å². The van der Waals surface area contributed by atoms with E-state index in [1.54, 1.807) is 12.1 Å². The summed E-state index contributed by atoms with van der Waals surface area (Å²) in [5.74, 6) is 1.16. The molecule has 3 heterocycles. The molecule has 0 unspecified atom stereocenters. The van der Waals surface area contributed by atoms with Crippen molar-refractivity contribution in [3.8, 4) is 17.2 Å². The first-order valence-electron chi connectivity index (χ1n) is 11.3. The van der Waals surface area contributed by atoms with E-state index in [9.17, 15) is 9.59 Å². The van der Waals surface area contributed by atoms with Crippen molar-refractivity contribution in [2.24, 2.45) is 10.3 Å². The Balaban J connectivity index is 1.34. The lowest BCUT2D eigenvalue weighted by Gasteiger charge is -2.20. The molecule has 2 atom stereocenters. The number of ether oxygens (including phenoxy) is 1. The highest BCUT2D eigenvalue weighted by Gasteiger charge is 2.54. The standard InChI is InChI=1S/C25H25N5O4/c1-4-16-6-10-18(11-7-16)30-24(31)21-22(25(30)32)29(28-27-21)14-20-15(3)34-23(26-20)17-8-12-19(13-9-17)33-5-2/h6-13,21-22H,4-5,14H2,1-3H3/t21-,22+/m1/s1. The van der Waals surface area contributed by atoms with E-state index in [1.807, 2.05) is 50.2 Å². The number of carbonyl (C=O) groups excluding carboxylic acids is 2. The quantitative estimate of drug-likeness (QED) is 0.493. The summed E-state index contributed by atoms with van der Waals surface area (Å²) >= 11 is 0. The lowest BCUT2D eigenvalue weighted by molar-refractivity contribution is -0.123. The number of rotatable bonds is 7. The van der Waals surface area contributed by atoms with Gasteiger partial charge in [0.2, 0.25) is 5.89 Å². The third-order valence-electron chi connectivity index (χ3n) is 6.08.